The zero-order chi connectivity index (χ0) is 22.9. The molecule has 3 aliphatic rings. The van der Waals surface area contributed by atoms with Crippen LogP contribution < -0.4 is 25.0 Å². The molecule has 2 aromatic heterocycles. The fourth-order valence-electron chi connectivity index (χ4n) is 4.47. The Kier molecular flexibility index (Phi) is 5.96. The zero-order valence-corrected chi connectivity index (χ0v) is 18.1. The zero-order valence-electron chi connectivity index (χ0n) is 18.1. The minimum atomic E-state index is -1.16. The number of aromatic nitrogens is 3. The van der Waals surface area contributed by atoms with E-state index in [-0.39, 0.29) is 42.1 Å². The van der Waals surface area contributed by atoms with Crippen LogP contribution in [0.25, 0.3) is 0 Å². The summed E-state index contributed by atoms with van der Waals surface area (Å²) in [7, 11) is 1.55. The Balaban J connectivity index is 1.10. The number of amides is 1. The van der Waals surface area contributed by atoms with Gasteiger partial charge in [0.15, 0.2) is 18.2 Å². The Morgan fingerprint density at radius 3 is 3.03 bits per heavy atom. The molecule has 0 saturated carbocycles. The van der Waals surface area contributed by atoms with Crippen molar-refractivity contribution in [1.29, 1.82) is 0 Å². The number of nitrogens with one attached hydrogen (secondary N) is 2. The Hall–Kier alpha value is -3.09. The predicted octanol–water partition coefficient (Wildman–Crippen LogP) is 0.226. The van der Waals surface area contributed by atoms with E-state index in [1.807, 2.05) is 0 Å². The minimum Gasteiger partial charge on any atom is -0.481 e. The third kappa shape index (κ3) is 4.41. The molecule has 4 heterocycles. The van der Waals surface area contributed by atoms with Crippen molar-refractivity contribution in [3.05, 3.63) is 29.3 Å². The first kappa shape index (κ1) is 21.7. The normalized spacial score (nSPS) is 23.7. The van der Waals surface area contributed by atoms with Gasteiger partial charge in [0.25, 0.3) is 11.8 Å². The number of pyridine rings is 1. The van der Waals surface area contributed by atoms with E-state index in [4.69, 9.17) is 14.2 Å². The molecule has 0 radical (unpaired) electrons. The van der Waals surface area contributed by atoms with Crippen molar-refractivity contribution >= 4 is 17.5 Å². The average Bonchev–Trinajstić information content (AvgIpc) is 3.40. The second-order valence-corrected chi connectivity index (χ2v) is 8.30. The number of ether oxygens (including phenoxy) is 3. The number of rotatable bonds is 7. The Bertz CT molecular complexity index is 1060. The minimum absolute atomic E-state index is 0.0993. The number of nitrogens with zero attached hydrogens (tertiary/aromatic N) is 4. The lowest BCUT2D eigenvalue weighted by Gasteiger charge is -2.21. The summed E-state index contributed by atoms with van der Waals surface area (Å²) in [6, 6.07) is 0. The molecule has 1 saturated heterocycles. The SMILES string of the molecule is COc1ncc(F)c2c1CC(CNCCC1CN(c3cnc4c(n3)NC(=O)CO4)C(O)O1)C2. The standard InChI is InChI=1S/C21H25FN6O5/c1-31-19-14-5-11(4-13(14)15(22)7-24-19)6-23-3-2-12-9-28(21(30)33-12)16-8-25-20-18(26-16)27-17(29)10-32-20/h7-8,11-12,21,23,30H,2-6,9-10H2,1H3,(H,26,27,29). The van der Waals surface area contributed by atoms with Crippen LogP contribution in [0.4, 0.5) is 16.0 Å². The van der Waals surface area contributed by atoms with E-state index < -0.39 is 6.41 Å². The summed E-state index contributed by atoms with van der Waals surface area (Å²) in [5.74, 6) is 1.03. The molecular weight excluding hydrogens is 435 g/mol. The first-order valence-electron chi connectivity index (χ1n) is 10.8. The summed E-state index contributed by atoms with van der Waals surface area (Å²) in [4.78, 5) is 25.6. The number of carbonyl (C=O) groups is 1. The number of anilines is 2. The molecule has 0 bridgehead atoms. The topological polar surface area (TPSA) is 131 Å². The van der Waals surface area contributed by atoms with Crippen LogP contribution in [-0.4, -0.2) is 71.8 Å². The smallest absolute Gasteiger partial charge is 0.263 e. The van der Waals surface area contributed by atoms with Crippen LogP contribution in [0.15, 0.2) is 12.4 Å². The lowest BCUT2D eigenvalue weighted by Crippen LogP contribution is -2.32. The Labute approximate surface area is 189 Å². The third-order valence-corrected chi connectivity index (χ3v) is 6.06. The van der Waals surface area contributed by atoms with Crippen molar-refractivity contribution in [2.75, 3.05) is 43.6 Å². The second-order valence-electron chi connectivity index (χ2n) is 8.30. The third-order valence-electron chi connectivity index (χ3n) is 6.06. The van der Waals surface area contributed by atoms with Crippen molar-refractivity contribution in [3.8, 4) is 11.8 Å². The number of aliphatic hydroxyl groups is 1. The summed E-state index contributed by atoms with van der Waals surface area (Å²) in [6.07, 6.45) is 3.37. The predicted molar refractivity (Wildman–Crippen MR) is 114 cm³/mol. The van der Waals surface area contributed by atoms with Gasteiger partial charge in [-0.05, 0) is 43.8 Å². The summed E-state index contributed by atoms with van der Waals surface area (Å²) in [5, 5.41) is 16.3. The van der Waals surface area contributed by atoms with Gasteiger partial charge in [0.1, 0.15) is 5.82 Å². The molecule has 2 aliphatic heterocycles. The summed E-state index contributed by atoms with van der Waals surface area (Å²) >= 11 is 0. The first-order chi connectivity index (χ1) is 16.0. The fourth-order valence-corrected chi connectivity index (χ4v) is 4.47. The quantitative estimate of drug-likeness (QED) is 0.494. The highest BCUT2D eigenvalue weighted by atomic mass is 19.1. The molecule has 5 rings (SSSR count). The highest BCUT2D eigenvalue weighted by Gasteiger charge is 2.34. The maximum absolute atomic E-state index is 14.1. The lowest BCUT2D eigenvalue weighted by atomic mass is 10.1. The highest BCUT2D eigenvalue weighted by molar-refractivity contribution is 5.93. The van der Waals surface area contributed by atoms with Crippen molar-refractivity contribution < 1.29 is 28.5 Å². The number of carbonyl (C=O) groups excluding carboxylic acids is 1. The summed E-state index contributed by atoms with van der Waals surface area (Å²) in [5.41, 5.74) is 1.55. The van der Waals surface area contributed by atoms with Crippen LogP contribution in [0.2, 0.25) is 0 Å². The van der Waals surface area contributed by atoms with Gasteiger partial charge >= 0.3 is 0 Å². The maximum Gasteiger partial charge on any atom is 0.263 e. The van der Waals surface area contributed by atoms with Gasteiger partial charge in [0.05, 0.1) is 32.2 Å². The molecule has 33 heavy (non-hydrogen) atoms. The van der Waals surface area contributed by atoms with Crippen LogP contribution in [0, 0.1) is 11.7 Å². The van der Waals surface area contributed by atoms with Gasteiger partial charge in [0, 0.05) is 5.56 Å². The number of hydrogen-bond donors (Lipinski definition) is 3. The summed E-state index contributed by atoms with van der Waals surface area (Å²) < 4.78 is 30.2. The molecule has 1 aliphatic carbocycles. The molecule has 0 aromatic carbocycles. The second kappa shape index (κ2) is 9.04. The van der Waals surface area contributed by atoms with Crippen LogP contribution >= 0.6 is 0 Å². The van der Waals surface area contributed by atoms with Gasteiger partial charge < -0.3 is 34.9 Å². The lowest BCUT2D eigenvalue weighted by molar-refractivity contribution is -0.118. The monoisotopic (exact) mass is 460 g/mol. The van der Waals surface area contributed by atoms with E-state index in [2.05, 4.69) is 25.6 Å². The number of methoxy groups -OCH3 is 1. The largest absolute Gasteiger partial charge is 0.481 e. The molecular formula is C21H25FN6O5. The van der Waals surface area contributed by atoms with Gasteiger partial charge in [-0.15, -0.1) is 0 Å². The van der Waals surface area contributed by atoms with Gasteiger partial charge in [-0.25, -0.2) is 19.3 Å². The molecule has 11 nitrogen and oxygen atoms in total. The van der Waals surface area contributed by atoms with Gasteiger partial charge in [0.2, 0.25) is 12.3 Å². The van der Waals surface area contributed by atoms with Crippen molar-refractivity contribution in [3.63, 3.8) is 0 Å². The number of hydrogen-bond acceptors (Lipinski definition) is 10. The highest BCUT2D eigenvalue weighted by Crippen LogP contribution is 2.34. The molecule has 0 spiro atoms. The molecule has 2 aromatic rings. The van der Waals surface area contributed by atoms with Gasteiger partial charge in [-0.2, -0.15) is 0 Å². The van der Waals surface area contributed by atoms with Crippen LogP contribution in [0.5, 0.6) is 11.8 Å². The fraction of sp³-hybridized carbons (Fsp3) is 0.524. The molecule has 12 heteroatoms. The van der Waals surface area contributed by atoms with Gasteiger partial charge in [-0.1, -0.05) is 0 Å². The van der Waals surface area contributed by atoms with E-state index >= 15 is 0 Å². The maximum atomic E-state index is 14.1. The molecule has 3 N–H and O–H groups in total. The average molecular weight is 460 g/mol. The van der Waals surface area contributed by atoms with Crippen LogP contribution in [0.3, 0.4) is 0 Å². The van der Waals surface area contributed by atoms with E-state index in [1.54, 1.807) is 12.0 Å². The van der Waals surface area contributed by atoms with Crippen molar-refractivity contribution in [1.82, 2.24) is 20.3 Å². The van der Waals surface area contributed by atoms with E-state index in [0.717, 1.165) is 18.5 Å². The number of aliphatic hydroxyl groups excluding tert-OH is 1. The Morgan fingerprint density at radius 2 is 2.18 bits per heavy atom. The van der Waals surface area contributed by atoms with Gasteiger partial charge in [-0.3, -0.25) is 4.79 Å². The van der Waals surface area contributed by atoms with E-state index in [9.17, 15) is 14.3 Å². The molecule has 1 amide bonds. The summed E-state index contributed by atoms with van der Waals surface area (Å²) in [6.45, 7) is 1.73. The number of halogens is 1. The van der Waals surface area contributed by atoms with Crippen molar-refractivity contribution in [2.45, 2.75) is 31.8 Å². The van der Waals surface area contributed by atoms with E-state index in [0.29, 0.717) is 43.2 Å². The molecule has 3 unspecified atom stereocenters. The molecule has 1 fully saturated rings. The molecule has 176 valence electrons. The van der Waals surface area contributed by atoms with E-state index in [1.165, 1.54) is 12.4 Å². The Morgan fingerprint density at radius 1 is 1.33 bits per heavy atom. The molecule has 3 atom stereocenters. The van der Waals surface area contributed by atoms with Crippen LogP contribution in [0.1, 0.15) is 17.5 Å². The first-order valence-corrected chi connectivity index (χ1v) is 10.8. The van der Waals surface area contributed by atoms with Crippen LogP contribution in [-0.2, 0) is 22.4 Å². The number of fused-ring (bicyclic) bond motifs is 2. The van der Waals surface area contributed by atoms with Crippen molar-refractivity contribution in [2.24, 2.45) is 5.92 Å².